The first-order chi connectivity index (χ1) is 14.7. The molecule has 4 nitrogen and oxygen atoms in total. The van der Waals surface area contributed by atoms with Gasteiger partial charge in [-0.2, -0.15) is 0 Å². The van der Waals surface area contributed by atoms with E-state index in [1.54, 1.807) is 0 Å². The van der Waals surface area contributed by atoms with Gasteiger partial charge in [0.05, 0.1) is 5.92 Å². The van der Waals surface area contributed by atoms with E-state index in [-0.39, 0.29) is 17.2 Å². The molecule has 5 heteroatoms. The standard InChI is InChI=1S/C25H31ClN2O2/c26-23-11-5-4-7-20(23)17-28-14-6-8-21(18-28)24(29)27-19-25(12-15-30-16-13-25)22-9-2-1-3-10-22/h1-5,7,9-11,21H,6,8,12-19H2,(H,27,29)/t21-/m0/s1. The molecule has 0 aliphatic carbocycles. The minimum Gasteiger partial charge on any atom is -0.381 e. The molecule has 0 spiro atoms. The van der Waals surface area contributed by atoms with Gasteiger partial charge >= 0.3 is 0 Å². The molecule has 2 aromatic carbocycles. The molecule has 160 valence electrons. The van der Waals surface area contributed by atoms with Crippen molar-refractivity contribution in [3.05, 3.63) is 70.7 Å². The normalized spacial score (nSPS) is 21.8. The van der Waals surface area contributed by atoms with E-state index < -0.39 is 0 Å². The Morgan fingerprint density at radius 2 is 1.83 bits per heavy atom. The summed E-state index contributed by atoms with van der Waals surface area (Å²) in [5, 5.41) is 4.11. The lowest BCUT2D eigenvalue weighted by atomic mass is 9.74. The highest BCUT2D eigenvalue weighted by atomic mass is 35.5. The zero-order valence-corrected chi connectivity index (χ0v) is 18.2. The Kier molecular flexibility index (Phi) is 7.08. The van der Waals surface area contributed by atoms with Crippen LogP contribution in [0.2, 0.25) is 5.02 Å². The molecule has 2 saturated heterocycles. The summed E-state index contributed by atoms with van der Waals surface area (Å²) >= 11 is 6.34. The van der Waals surface area contributed by atoms with Crippen LogP contribution < -0.4 is 5.32 Å². The number of carbonyl (C=O) groups excluding carboxylic acids is 1. The maximum Gasteiger partial charge on any atom is 0.224 e. The summed E-state index contributed by atoms with van der Waals surface area (Å²) in [7, 11) is 0. The van der Waals surface area contributed by atoms with Crippen molar-refractivity contribution in [1.29, 1.82) is 0 Å². The first-order valence-electron chi connectivity index (χ1n) is 11.0. The maximum atomic E-state index is 13.1. The monoisotopic (exact) mass is 426 g/mol. The van der Waals surface area contributed by atoms with Crippen molar-refractivity contribution in [3.8, 4) is 0 Å². The summed E-state index contributed by atoms with van der Waals surface area (Å²) in [5.74, 6) is 0.217. The molecule has 2 heterocycles. The quantitative estimate of drug-likeness (QED) is 0.743. The van der Waals surface area contributed by atoms with Crippen LogP contribution in [0.1, 0.15) is 36.8 Å². The van der Waals surface area contributed by atoms with Crippen LogP contribution in [0, 0.1) is 5.92 Å². The van der Waals surface area contributed by atoms with Gasteiger partial charge in [-0.1, -0.05) is 60.1 Å². The number of benzene rings is 2. The smallest absolute Gasteiger partial charge is 0.224 e. The van der Waals surface area contributed by atoms with Gasteiger partial charge in [0.15, 0.2) is 0 Å². The van der Waals surface area contributed by atoms with Gasteiger partial charge in [0, 0.05) is 43.3 Å². The SMILES string of the molecule is O=C(NCC1(c2ccccc2)CCOCC1)[C@H]1CCCN(Cc2ccccc2Cl)C1. The summed E-state index contributed by atoms with van der Waals surface area (Å²) in [4.78, 5) is 15.4. The third kappa shape index (κ3) is 5.05. The number of rotatable bonds is 6. The Morgan fingerprint density at radius 1 is 1.10 bits per heavy atom. The highest BCUT2D eigenvalue weighted by Gasteiger charge is 2.36. The molecular formula is C25H31ClN2O2. The number of hydrogen-bond acceptors (Lipinski definition) is 3. The van der Waals surface area contributed by atoms with Crippen molar-refractivity contribution >= 4 is 17.5 Å². The van der Waals surface area contributed by atoms with E-state index >= 15 is 0 Å². The Bertz CT molecular complexity index is 836. The third-order valence-corrected chi connectivity index (χ3v) is 7.03. The molecule has 2 fully saturated rings. The van der Waals surface area contributed by atoms with Gasteiger partial charge in [-0.25, -0.2) is 0 Å². The van der Waals surface area contributed by atoms with Gasteiger partial charge < -0.3 is 10.1 Å². The van der Waals surface area contributed by atoms with E-state index in [1.165, 1.54) is 5.56 Å². The maximum absolute atomic E-state index is 13.1. The van der Waals surface area contributed by atoms with E-state index in [9.17, 15) is 4.79 Å². The fraction of sp³-hybridized carbons (Fsp3) is 0.480. The van der Waals surface area contributed by atoms with Gasteiger partial charge in [0.2, 0.25) is 5.91 Å². The summed E-state index contributed by atoms with van der Waals surface area (Å²) in [6.45, 7) is 4.79. The predicted molar refractivity (Wildman–Crippen MR) is 121 cm³/mol. The van der Waals surface area contributed by atoms with Crippen LogP contribution >= 0.6 is 11.6 Å². The summed E-state index contributed by atoms with van der Waals surface area (Å²) in [6.07, 6.45) is 3.88. The average Bonchev–Trinajstić information content (AvgIpc) is 2.80. The number of amides is 1. The van der Waals surface area contributed by atoms with E-state index in [1.807, 2.05) is 24.3 Å². The number of piperidine rings is 1. The van der Waals surface area contributed by atoms with Gasteiger partial charge in [-0.3, -0.25) is 9.69 Å². The predicted octanol–water partition coefficient (Wildman–Crippen LogP) is 4.42. The lowest BCUT2D eigenvalue weighted by Crippen LogP contribution is -2.48. The number of hydrogen-bond donors (Lipinski definition) is 1. The van der Waals surface area contributed by atoms with Crippen LogP contribution in [0.25, 0.3) is 0 Å². The molecule has 1 atom stereocenters. The first kappa shape index (κ1) is 21.4. The Labute approximate surface area is 184 Å². The van der Waals surface area contributed by atoms with Crippen LogP contribution in [0.5, 0.6) is 0 Å². The topological polar surface area (TPSA) is 41.6 Å². The molecule has 2 aliphatic heterocycles. The highest BCUT2D eigenvalue weighted by molar-refractivity contribution is 6.31. The first-order valence-corrected chi connectivity index (χ1v) is 11.4. The second kappa shape index (κ2) is 9.95. The van der Waals surface area contributed by atoms with Crippen LogP contribution in [-0.2, 0) is 21.5 Å². The summed E-state index contributed by atoms with van der Waals surface area (Å²) < 4.78 is 5.62. The third-order valence-electron chi connectivity index (χ3n) is 6.67. The number of carbonyl (C=O) groups is 1. The molecule has 4 rings (SSSR count). The van der Waals surface area contributed by atoms with E-state index in [4.69, 9.17) is 16.3 Å². The molecule has 2 aliphatic rings. The van der Waals surface area contributed by atoms with Crippen molar-refractivity contribution in [1.82, 2.24) is 10.2 Å². The molecule has 0 bridgehead atoms. The average molecular weight is 427 g/mol. The number of likely N-dealkylation sites (tertiary alicyclic amines) is 1. The highest BCUT2D eigenvalue weighted by Crippen LogP contribution is 2.34. The van der Waals surface area contributed by atoms with E-state index in [0.717, 1.165) is 69.1 Å². The molecule has 30 heavy (non-hydrogen) atoms. The van der Waals surface area contributed by atoms with Crippen LogP contribution in [0.4, 0.5) is 0 Å². The molecule has 0 radical (unpaired) electrons. The van der Waals surface area contributed by atoms with Gasteiger partial charge in [-0.15, -0.1) is 0 Å². The Morgan fingerprint density at radius 3 is 2.60 bits per heavy atom. The largest absolute Gasteiger partial charge is 0.381 e. The molecule has 2 aromatic rings. The van der Waals surface area contributed by atoms with Crippen molar-refractivity contribution in [2.75, 3.05) is 32.8 Å². The Balaban J connectivity index is 1.37. The molecule has 0 aromatic heterocycles. The molecular weight excluding hydrogens is 396 g/mol. The lowest BCUT2D eigenvalue weighted by Gasteiger charge is -2.39. The summed E-state index contributed by atoms with van der Waals surface area (Å²) in [5.41, 5.74) is 2.41. The second-order valence-corrected chi connectivity index (χ2v) is 9.05. The van der Waals surface area contributed by atoms with Crippen LogP contribution in [0.3, 0.4) is 0 Å². The second-order valence-electron chi connectivity index (χ2n) is 8.64. The van der Waals surface area contributed by atoms with E-state index in [0.29, 0.717) is 6.54 Å². The lowest BCUT2D eigenvalue weighted by molar-refractivity contribution is -0.127. The number of ether oxygens (including phenoxy) is 1. The number of nitrogens with zero attached hydrogens (tertiary/aromatic N) is 1. The van der Waals surface area contributed by atoms with Crippen LogP contribution in [-0.4, -0.2) is 43.7 Å². The van der Waals surface area contributed by atoms with Gasteiger partial charge in [0.25, 0.3) is 0 Å². The number of halogens is 1. The van der Waals surface area contributed by atoms with Crippen LogP contribution in [0.15, 0.2) is 54.6 Å². The minimum atomic E-state index is -0.0267. The Hall–Kier alpha value is -1.88. The zero-order chi connectivity index (χ0) is 20.8. The van der Waals surface area contributed by atoms with Crippen molar-refractivity contribution < 1.29 is 9.53 Å². The molecule has 0 unspecified atom stereocenters. The zero-order valence-electron chi connectivity index (χ0n) is 17.5. The molecule has 1 amide bonds. The van der Waals surface area contributed by atoms with Gasteiger partial charge in [-0.05, 0) is 49.4 Å². The van der Waals surface area contributed by atoms with Crippen molar-refractivity contribution in [2.24, 2.45) is 5.92 Å². The van der Waals surface area contributed by atoms with Crippen molar-refractivity contribution in [2.45, 2.75) is 37.6 Å². The van der Waals surface area contributed by atoms with Crippen molar-refractivity contribution in [3.63, 3.8) is 0 Å². The molecule has 0 saturated carbocycles. The summed E-state index contributed by atoms with van der Waals surface area (Å²) in [6, 6.07) is 18.6. The van der Waals surface area contributed by atoms with Gasteiger partial charge in [0.1, 0.15) is 0 Å². The fourth-order valence-corrected chi connectivity index (χ4v) is 5.00. The molecule has 1 N–H and O–H groups in total. The number of nitrogens with one attached hydrogen (secondary N) is 1. The fourth-order valence-electron chi connectivity index (χ4n) is 4.80. The minimum absolute atomic E-state index is 0.0267. The van der Waals surface area contributed by atoms with E-state index in [2.05, 4.69) is 40.5 Å².